The molecule has 2 aromatic rings. The second-order valence-electron chi connectivity index (χ2n) is 5.95. The predicted molar refractivity (Wildman–Crippen MR) is 105 cm³/mol. The van der Waals surface area contributed by atoms with Crippen LogP contribution in [0.4, 0.5) is 5.88 Å². The second-order valence-corrected chi connectivity index (χ2v) is 5.95. The fourth-order valence-corrected chi connectivity index (χ4v) is 2.63. The molecule has 1 amide bonds. The van der Waals surface area contributed by atoms with E-state index in [1.807, 2.05) is 0 Å². The zero-order valence-corrected chi connectivity index (χ0v) is 16.5. The van der Waals surface area contributed by atoms with Gasteiger partial charge in [-0.2, -0.15) is 0 Å². The van der Waals surface area contributed by atoms with Crippen LogP contribution in [0.5, 0.6) is 0 Å². The molecule has 0 aliphatic heterocycles. The summed E-state index contributed by atoms with van der Waals surface area (Å²) in [6.07, 6.45) is 2.75. The van der Waals surface area contributed by atoms with E-state index >= 15 is 0 Å². The monoisotopic (exact) mass is 399 g/mol. The summed E-state index contributed by atoms with van der Waals surface area (Å²) in [4.78, 5) is 47.8. The van der Waals surface area contributed by atoms with Crippen molar-refractivity contribution in [2.24, 2.45) is 0 Å². The number of anilines is 1. The van der Waals surface area contributed by atoms with E-state index in [1.54, 1.807) is 31.2 Å². The number of hydrogen-bond donors (Lipinski definition) is 1. The summed E-state index contributed by atoms with van der Waals surface area (Å²) in [5.41, 5.74) is 1.01. The highest BCUT2D eigenvalue weighted by atomic mass is 16.5. The van der Waals surface area contributed by atoms with Crippen molar-refractivity contribution in [3.63, 3.8) is 0 Å². The Morgan fingerprint density at radius 3 is 2.28 bits per heavy atom. The smallest absolute Gasteiger partial charge is 0.344 e. The maximum atomic E-state index is 12.3. The maximum absolute atomic E-state index is 12.3. The summed E-state index contributed by atoms with van der Waals surface area (Å²) in [5, 5.41) is 2.46. The van der Waals surface area contributed by atoms with Crippen molar-refractivity contribution < 1.29 is 33.1 Å². The van der Waals surface area contributed by atoms with E-state index in [2.05, 4.69) is 10.1 Å². The van der Waals surface area contributed by atoms with Crippen molar-refractivity contribution in [3.05, 3.63) is 58.4 Å². The van der Waals surface area contributed by atoms with Crippen molar-refractivity contribution in [1.29, 1.82) is 0 Å². The normalized spacial score (nSPS) is 10.6. The van der Waals surface area contributed by atoms with Crippen molar-refractivity contribution in [2.45, 2.75) is 20.8 Å². The fourth-order valence-electron chi connectivity index (χ4n) is 2.63. The molecule has 29 heavy (non-hydrogen) atoms. The van der Waals surface area contributed by atoms with Gasteiger partial charge in [-0.3, -0.25) is 14.9 Å². The Balaban J connectivity index is 2.21. The lowest BCUT2D eigenvalue weighted by molar-refractivity contribution is -0.111. The third-order valence-electron chi connectivity index (χ3n) is 3.91. The van der Waals surface area contributed by atoms with Gasteiger partial charge >= 0.3 is 11.9 Å². The van der Waals surface area contributed by atoms with Crippen LogP contribution in [0.3, 0.4) is 0 Å². The van der Waals surface area contributed by atoms with Crippen LogP contribution in [0.25, 0.3) is 6.08 Å². The van der Waals surface area contributed by atoms with Gasteiger partial charge in [0, 0.05) is 6.08 Å². The van der Waals surface area contributed by atoms with Gasteiger partial charge in [-0.05, 0) is 44.5 Å². The number of carbonyl (C=O) groups is 4. The molecule has 0 aliphatic rings. The number of methoxy groups -OCH3 is 1. The maximum Gasteiger partial charge on any atom is 0.344 e. The fraction of sp³-hybridized carbons (Fsp3) is 0.238. The molecule has 1 aromatic heterocycles. The minimum absolute atomic E-state index is 0.0705. The second kappa shape index (κ2) is 9.50. The predicted octanol–water partition coefficient (Wildman–Crippen LogP) is 3.41. The lowest BCUT2D eigenvalue weighted by Crippen LogP contribution is -2.14. The highest BCUT2D eigenvalue weighted by Gasteiger charge is 2.28. The number of nitrogens with one attached hydrogen (secondary N) is 1. The van der Waals surface area contributed by atoms with E-state index < -0.39 is 17.8 Å². The molecule has 2 rings (SSSR count). The first-order valence-electron chi connectivity index (χ1n) is 8.77. The van der Waals surface area contributed by atoms with Crippen molar-refractivity contribution in [3.8, 4) is 0 Å². The Hall–Kier alpha value is -3.68. The zero-order chi connectivity index (χ0) is 21.6. The molecule has 1 heterocycles. The number of ether oxygens (including phenoxy) is 2. The van der Waals surface area contributed by atoms with Crippen LogP contribution < -0.4 is 5.32 Å². The van der Waals surface area contributed by atoms with Gasteiger partial charge in [0.05, 0.1) is 24.8 Å². The van der Waals surface area contributed by atoms with Gasteiger partial charge in [-0.15, -0.1) is 0 Å². The highest BCUT2D eigenvalue weighted by molar-refractivity contribution is 6.12. The number of hydrogen-bond acceptors (Lipinski definition) is 7. The van der Waals surface area contributed by atoms with Crippen LogP contribution in [0.1, 0.15) is 56.2 Å². The molecule has 8 nitrogen and oxygen atoms in total. The van der Waals surface area contributed by atoms with E-state index in [1.165, 1.54) is 33.1 Å². The largest absolute Gasteiger partial charge is 0.465 e. The van der Waals surface area contributed by atoms with Crippen molar-refractivity contribution in [1.82, 2.24) is 0 Å². The minimum Gasteiger partial charge on any atom is -0.465 e. The lowest BCUT2D eigenvalue weighted by atomic mass is 10.1. The molecular weight excluding hydrogens is 378 g/mol. The van der Waals surface area contributed by atoms with E-state index in [4.69, 9.17) is 9.15 Å². The zero-order valence-electron chi connectivity index (χ0n) is 16.5. The molecule has 0 saturated heterocycles. The topological polar surface area (TPSA) is 112 Å². The summed E-state index contributed by atoms with van der Waals surface area (Å²) in [6.45, 7) is 4.55. The van der Waals surface area contributed by atoms with E-state index in [0.717, 1.165) is 0 Å². The van der Waals surface area contributed by atoms with Crippen LogP contribution in [0.15, 0.2) is 34.8 Å². The van der Waals surface area contributed by atoms with Crippen molar-refractivity contribution in [2.75, 3.05) is 19.0 Å². The van der Waals surface area contributed by atoms with Crippen LogP contribution in [0.2, 0.25) is 0 Å². The van der Waals surface area contributed by atoms with Gasteiger partial charge in [0.25, 0.3) is 5.91 Å². The number of amides is 1. The van der Waals surface area contributed by atoms with Gasteiger partial charge in [-0.1, -0.05) is 12.1 Å². The number of benzene rings is 1. The first-order chi connectivity index (χ1) is 13.8. The third-order valence-corrected chi connectivity index (χ3v) is 3.91. The quantitative estimate of drug-likeness (QED) is 0.431. The number of ketones is 1. The molecule has 8 heteroatoms. The molecule has 0 bridgehead atoms. The van der Waals surface area contributed by atoms with Gasteiger partial charge in [-0.25, -0.2) is 9.59 Å². The number of Topliss-reactive ketones (excluding diaryl/α,β-unsaturated/α-hetero) is 1. The van der Waals surface area contributed by atoms with Crippen molar-refractivity contribution >= 4 is 35.6 Å². The lowest BCUT2D eigenvalue weighted by Gasteiger charge is -2.04. The van der Waals surface area contributed by atoms with Gasteiger partial charge < -0.3 is 13.9 Å². The number of esters is 2. The Morgan fingerprint density at radius 2 is 1.72 bits per heavy atom. The average molecular weight is 399 g/mol. The Kier molecular flexibility index (Phi) is 7.08. The summed E-state index contributed by atoms with van der Waals surface area (Å²) in [6, 6.07) is 6.42. The molecule has 0 aliphatic carbocycles. The summed E-state index contributed by atoms with van der Waals surface area (Å²) >= 11 is 0. The molecular formula is C21H21NO7. The molecule has 0 spiro atoms. The summed E-state index contributed by atoms with van der Waals surface area (Å²) in [5.74, 6) is -2.11. The minimum atomic E-state index is -0.757. The van der Waals surface area contributed by atoms with E-state index in [-0.39, 0.29) is 35.2 Å². The summed E-state index contributed by atoms with van der Waals surface area (Å²) in [7, 11) is 1.29. The molecule has 152 valence electrons. The number of carbonyl (C=O) groups excluding carboxylic acids is 4. The molecule has 1 aromatic carbocycles. The molecule has 0 unspecified atom stereocenters. The van der Waals surface area contributed by atoms with E-state index in [9.17, 15) is 19.2 Å². The van der Waals surface area contributed by atoms with Gasteiger partial charge in [0.2, 0.25) is 5.88 Å². The molecule has 0 saturated carbocycles. The van der Waals surface area contributed by atoms with Gasteiger partial charge in [0.15, 0.2) is 5.78 Å². The standard InChI is InChI=1S/C21H21NO7/c1-5-28-21(26)18-17(12(2)23)13(3)29-19(18)22-16(24)11-8-14-6-9-15(10-7-14)20(25)27-4/h6-11H,5H2,1-4H3,(H,22,24)/b11-8+. The van der Waals surface area contributed by atoms with E-state index in [0.29, 0.717) is 11.1 Å². The molecule has 1 N–H and O–H groups in total. The SMILES string of the molecule is CCOC(=O)c1c(NC(=O)/C=C/c2ccc(C(=O)OC)cc2)oc(C)c1C(C)=O. The first-order valence-corrected chi connectivity index (χ1v) is 8.77. The average Bonchev–Trinajstić information content (AvgIpc) is 3.02. The van der Waals surface area contributed by atoms with Crippen LogP contribution in [-0.4, -0.2) is 37.3 Å². The molecule has 0 radical (unpaired) electrons. The van der Waals surface area contributed by atoms with Crippen LogP contribution >= 0.6 is 0 Å². The highest BCUT2D eigenvalue weighted by Crippen LogP contribution is 2.28. The Labute approximate surface area is 167 Å². The molecule has 0 atom stereocenters. The number of rotatable bonds is 7. The molecule has 0 fully saturated rings. The Bertz CT molecular complexity index is 968. The number of aryl methyl sites for hydroxylation is 1. The summed E-state index contributed by atoms with van der Waals surface area (Å²) < 4.78 is 15.0. The third kappa shape index (κ3) is 5.19. The van der Waals surface area contributed by atoms with Crippen LogP contribution in [0, 0.1) is 6.92 Å². The first kappa shape index (κ1) is 21.6. The Morgan fingerprint density at radius 1 is 1.07 bits per heavy atom. The number of furan rings is 1. The van der Waals surface area contributed by atoms with Crippen LogP contribution in [-0.2, 0) is 14.3 Å². The van der Waals surface area contributed by atoms with Gasteiger partial charge in [0.1, 0.15) is 11.3 Å².